The van der Waals surface area contributed by atoms with Crippen LogP contribution in [0, 0.1) is 6.92 Å². The molecule has 30 heavy (non-hydrogen) atoms. The highest BCUT2D eigenvalue weighted by Gasteiger charge is 2.22. The lowest BCUT2D eigenvalue weighted by Crippen LogP contribution is -2.36. The molecule has 0 unspecified atom stereocenters. The number of carbonyl (C=O) groups excluding carboxylic acids is 1. The van der Waals surface area contributed by atoms with Gasteiger partial charge in [0.25, 0.3) is 5.91 Å². The van der Waals surface area contributed by atoms with E-state index in [0.717, 1.165) is 54.8 Å². The minimum absolute atomic E-state index is 0.0982. The zero-order valence-corrected chi connectivity index (χ0v) is 17.9. The van der Waals surface area contributed by atoms with E-state index in [1.807, 2.05) is 24.7 Å². The average Bonchev–Trinajstić information content (AvgIpc) is 3.18. The van der Waals surface area contributed by atoms with Crippen LogP contribution in [0.3, 0.4) is 0 Å². The predicted molar refractivity (Wildman–Crippen MR) is 120 cm³/mol. The summed E-state index contributed by atoms with van der Waals surface area (Å²) in [5, 5.41) is 15.5. The molecule has 3 aromatic rings. The van der Waals surface area contributed by atoms with E-state index < -0.39 is 0 Å². The summed E-state index contributed by atoms with van der Waals surface area (Å²) in [5.74, 6) is -0.127. The number of aryl methyl sites for hydroxylation is 2. The second kappa shape index (κ2) is 8.83. The summed E-state index contributed by atoms with van der Waals surface area (Å²) in [4.78, 5) is 17.8. The van der Waals surface area contributed by atoms with Crippen molar-refractivity contribution < 1.29 is 4.79 Å². The second-order valence-corrected chi connectivity index (χ2v) is 8.02. The third-order valence-electron chi connectivity index (χ3n) is 5.82. The van der Waals surface area contributed by atoms with Crippen molar-refractivity contribution in [2.45, 2.75) is 52.2 Å². The third-order valence-corrected chi connectivity index (χ3v) is 5.82. The van der Waals surface area contributed by atoms with Crippen LogP contribution < -0.4 is 16.0 Å². The zero-order valence-electron chi connectivity index (χ0n) is 17.9. The van der Waals surface area contributed by atoms with Gasteiger partial charge in [-0.3, -0.25) is 4.79 Å². The van der Waals surface area contributed by atoms with E-state index in [1.165, 1.54) is 5.56 Å². The van der Waals surface area contributed by atoms with E-state index in [9.17, 15) is 4.79 Å². The Morgan fingerprint density at radius 1 is 1.23 bits per heavy atom. The molecular formula is C23H30N6O. The number of anilines is 1. The molecule has 158 valence electrons. The zero-order chi connectivity index (χ0) is 21.1. The Bertz CT molecular complexity index is 1020. The van der Waals surface area contributed by atoms with Crippen LogP contribution in [-0.2, 0) is 6.54 Å². The Kier molecular flexibility index (Phi) is 5.99. The highest BCUT2D eigenvalue weighted by molar-refractivity contribution is 6.06. The number of aromatic nitrogens is 3. The van der Waals surface area contributed by atoms with Crippen LogP contribution in [0.15, 0.2) is 36.7 Å². The van der Waals surface area contributed by atoms with Crippen molar-refractivity contribution >= 4 is 22.6 Å². The van der Waals surface area contributed by atoms with Crippen molar-refractivity contribution in [3.05, 3.63) is 53.3 Å². The molecule has 1 aromatic carbocycles. The molecule has 3 N–H and O–H groups in total. The van der Waals surface area contributed by atoms with Gasteiger partial charge in [0.15, 0.2) is 5.65 Å². The Labute approximate surface area is 177 Å². The smallest absolute Gasteiger partial charge is 0.255 e. The number of hydrogen-bond donors (Lipinski definition) is 3. The topological polar surface area (TPSA) is 83.9 Å². The highest BCUT2D eigenvalue weighted by atomic mass is 16.1. The quantitative estimate of drug-likeness (QED) is 0.584. The number of fused-ring (bicyclic) bond motifs is 1. The van der Waals surface area contributed by atoms with Crippen LogP contribution in [-0.4, -0.2) is 39.8 Å². The van der Waals surface area contributed by atoms with Crippen LogP contribution >= 0.6 is 0 Å². The Hall–Kier alpha value is -2.93. The van der Waals surface area contributed by atoms with Gasteiger partial charge in [-0.15, -0.1) is 0 Å². The van der Waals surface area contributed by atoms with Crippen molar-refractivity contribution in [2.24, 2.45) is 0 Å². The van der Waals surface area contributed by atoms with Gasteiger partial charge in [-0.2, -0.15) is 5.10 Å². The molecule has 0 bridgehead atoms. The van der Waals surface area contributed by atoms with E-state index in [1.54, 1.807) is 6.20 Å². The van der Waals surface area contributed by atoms with E-state index in [2.05, 4.69) is 57.2 Å². The van der Waals surface area contributed by atoms with Gasteiger partial charge in [0.2, 0.25) is 0 Å². The normalized spacial score (nSPS) is 15.8. The van der Waals surface area contributed by atoms with E-state index >= 15 is 0 Å². The Morgan fingerprint density at radius 2 is 1.97 bits per heavy atom. The summed E-state index contributed by atoms with van der Waals surface area (Å²) < 4.78 is 1.86. The number of piperidine rings is 1. The molecule has 3 heterocycles. The SMILES string of the molecule is CCn1ncc2c(NC3CCNCC3)c(C(=O)N[C@H](C)c3ccc(C)cc3)cnc21. The summed E-state index contributed by atoms with van der Waals surface area (Å²) in [6.45, 7) is 8.79. The minimum atomic E-state index is -0.127. The summed E-state index contributed by atoms with van der Waals surface area (Å²) in [6, 6.07) is 8.47. The van der Waals surface area contributed by atoms with E-state index in [0.29, 0.717) is 11.6 Å². The number of carbonyl (C=O) groups is 1. The summed E-state index contributed by atoms with van der Waals surface area (Å²) in [6.07, 6.45) is 5.53. The first kappa shape index (κ1) is 20.3. The van der Waals surface area contributed by atoms with Crippen LogP contribution in [0.25, 0.3) is 11.0 Å². The van der Waals surface area contributed by atoms with Gasteiger partial charge >= 0.3 is 0 Å². The molecule has 1 aliphatic heterocycles. The third kappa shape index (κ3) is 4.16. The second-order valence-electron chi connectivity index (χ2n) is 8.02. The van der Waals surface area contributed by atoms with Gasteiger partial charge in [0.05, 0.1) is 28.9 Å². The molecule has 1 saturated heterocycles. The molecule has 0 radical (unpaired) electrons. The fraction of sp³-hybridized carbons (Fsp3) is 0.435. The summed E-state index contributed by atoms with van der Waals surface area (Å²) in [5.41, 5.74) is 4.48. The van der Waals surface area contributed by atoms with Crippen LogP contribution in [0.2, 0.25) is 0 Å². The maximum Gasteiger partial charge on any atom is 0.255 e. The molecule has 7 nitrogen and oxygen atoms in total. The fourth-order valence-electron chi connectivity index (χ4n) is 3.97. The van der Waals surface area contributed by atoms with Crippen molar-refractivity contribution in [3.63, 3.8) is 0 Å². The molecule has 2 aromatic heterocycles. The number of nitrogens with one attached hydrogen (secondary N) is 3. The van der Waals surface area contributed by atoms with Crippen molar-refractivity contribution in [2.75, 3.05) is 18.4 Å². The van der Waals surface area contributed by atoms with Gasteiger partial charge in [-0.1, -0.05) is 29.8 Å². The first-order valence-electron chi connectivity index (χ1n) is 10.8. The van der Waals surface area contributed by atoms with Crippen LogP contribution in [0.1, 0.15) is 54.2 Å². The first-order chi connectivity index (χ1) is 14.6. The first-order valence-corrected chi connectivity index (χ1v) is 10.8. The lowest BCUT2D eigenvalue weighted by molar-refractivity contribution is 0.0940. The molecule has 7 heteroatoms. The molecular weight excluding hydrogens is 376 g/mol. The molecule has 1 fully saturated rings. The van der Waals surface area contributed by atoms with E-state index in [-0.39, 0.29) is 11.9 Å². The standard InChI is InChI=1S/C23H30N6O/c1-4-29-22-19(14-26-29)21(28-18-9-11-24-12-10-18)20(13-25-22)23(30)27-16(3)17-7-5-15(2)6-8-17/h5-8,13-14,16,18,24H,4,9-12H2,1-3H3,(H,25,28)(H,27,30)/t16-/m1/s1. The lowest BCUT2D eigenvalue weighted by atomic mass is 10.0. The molecule has 4 rings (SSSR count). The van der Waals surface area contributed by atoms with Gasteiger partial charge in [0, 0.05) is 18.8 Å². The van der Waals surface area contributed by atoms with Crippen LogP contribution in [0.5, 0.6) is 0 Å². The number of nitrogens with zero attached hydrogens (tertiary/aromatic N) is 3. The van der Waals surface area contributed by atoms with Crippen LogP contribution in [0.4, 0.5) is 5.69 Å². The molecule has 0 aliphatic carbocycles. The fourth-order valence-corrected chi connectivity index (χ4v) is 3.97. The maximum absolute atomic E-state index is 13.2. The molecule has 0 saturated carbocycles. The number of rotatable bonds is 6. The molecule has 0 spiro atoms. The monoisotopic (exact) mass is 406 g/mol. The summed E-state index contributed by atoms with van der Waals surface area (Å²) in [7, 11) is 0. The van der Waals surface area contributed by atoms with Gasteiger partial charge in [-0.25, -0.2) is 9.67 Å². The average molecular weight is 407 g/mol. The van der Waals surface area contributed by atoms with Crippen molar-refractivity contribution in [3.8, 4) is 0 Å². The summed E-state index contributed by atoms with van der Waals surface area (Å²) >= 11 is 0. The molecule has 1 amide bonds. The van der Waals surface area contributed by atoms with Gasteiger partial charge < -0.3 is 16.0 Å². The molecule has 1 atom stereocenters. The predicted octanol–water partition coefficient (Wildman–Crippen LogP) is 3.41. The number of benzene rings is 1. The number of pyridine rings is 1. The minimum Gasteiger partial charge on any atom is -0.381 e. The number of amides is 1. The van der Waals surface area contributed by atoms with Gasteiger partial charge in [0.1, 0.15) is 0 Å². The maximum atomic E-state index is 13.2. The number of hydrogen-bond acceptors (Lipinski definition) is 5. The Morgan fingerprint density at radius 3 is 2.67 bits per heavy atom. The largest absolute Gasteiger partial charge is 0.381 e. The van der Waals surface area contributed by atoms with Crippen molar-refractivity contribution in [1.82, 2.24) is 25.4 Å². The lowest BCUT2D eigenvalue weighted by Gasteiger charge is -2.26. The Balaban J connectivity index is 1.65. The van der Waals surface area contributed by atoms with E-state index in [4.69, 9.17) is 0 Å². The van der Waals surface area contributed by atoms with Crippen molar-refractivity contribution in [1.29, 1.82) is 0 Å². The van der Waals surface area contributed by atoms with Gasteiger partial charge in [-0.05, 0) is 52.3 Å². The highest BCUT2D eigenvalue weighted by Crippen LogP contribution is 2.28. The molecule has 1 aliphatic rings.